The van der Waals surface area contributed by atoms with Gasteiger partial charge in [-0.2, -0.15) is 8.78 Å². The van der Waals surface area contributed by atoms with Gasteiger partial charge in [-0.05, 0) is 110 Å². The molecule has 2 nitrogen and oxygen atoms in total. The van der Waals surface area contributed by atoms with Crippen LogP contribution < -0.4 is 0 Å². The highest BCUT2D eigenvalue weighted by molar-refractivity contribution is 6.66. The number of hydrogen-bond acceptors (Lipinski definition) is 2. The van der Waals surface area contributed by atoms with Crippen molar-refractivity contribution in [3.63, 3.8) is 0 Å². The highest BCUT2D eigenvalue weighted by Crippen LogP contribution is 2.63. The maximum atomic E-state index is 14.2. The van der Waals surface area contributed by atoms with Gasteiger partial charge in [0.05, 0.1) is 0 Å². The second-order valence-electron chi connectivity index (χ2n) is 12.0. The largest absolute Gasteiger partial charge is 0.442 e. The van der Waals surface area contributed by atoms with E-state index in [9.17, 15) is 8.78 Å². The van der Waals surface area contributed by atoms with Crippen molar-refractivity contribution in [1.29, 1.82) is 0 Å². The van der Waals surface area contributed by atoms with Gasteiger partial charge in [-0.25, -0.2) is 0 Å². The summed E-state index contributed by atoms with van der Waals surface area (Å²) < 4.78 is 37.9. The minimum absolute atomic E-state index is 0.00322. The van der Waals surface area contributed by atoms with Crippen LogP contribution in [0.4, 0.5) is 8.78 Å². The van der Waals surface area contributed by atoms with Crippen molar-refractivity contribution >= 4 is 46.4 Å². The number of alkyl halides is 6. The molecule has 0 amide bonds. The van der Waals surface area contributed by atoms with Crippen LogP contribution in [0, 0.1) is 29.6 Å². The van der Waals surface area contributed by atoms with E-state index >= 15 is 0 Å². The van der Waals surface area contributed by atoms with Crippen LogP contribution in [0.1, 0.15) is 109 Å². The fourth-order valence-electron chi connectivity index (χ4n) is 8.12. The lowest BCUT2D eigenvalue weighted by Crippen LogP contribution is -2.51. The molecule has 0 aromatic rings. The second-order valence-corrected chi connectivity index (χ2v) is 14.8. The average Bonchev–Trinajstić information content (AvgIpc) is 3.60. The van der Waals surface area contributed by atoms with Gasteiger partial charge in [-0.3, -0.25) is 0 Å². The summed E-state index contributed by atoms with van der Waals surface area (Å²) in [5.74, 6) is 1.13. The standard InChI is InChI=1S/C29H40Cl4F2O2/c30-28(21-14-6-1-2-7-15-21)24(20-12-4-3-5-13-20)22(18-10-8-9-11-18)23(19-16-17-19)25(37-29(31,32)33)26(28)36-27(34)35/h18-21,24,27H,1-17H2. The molecule has 4 fully saturated rings. The SMILES string of the molecule is FC(F)OC1=C(OC(Cl)(Cl)Cl)C(C2CC2)=C(C2CCCC2)C(C2CCCCC2)C1(Cl)C1CCCCCC1. The van der Waals surface area contributed by atoms with Crippen LogP contribution in [-0.2, 0) is 9.47 Å². The van der Waals surface area contributed by atoms with Gasteiger partial charge in [0.15, 0.2) is 11.5 Å². The van der Waals surface area contributed by atoms with E-state index in [2.05, 4.69) is 0 Å². The topological polar surface area (TPSA) is 18.5 Å². The predicted octanol–water partition coefficient (Wildman–Crippen LogP) is 10.8. The van der Waals surface area contributed by atoms with Crippen LogP contribution in [0.15, 0.2) is 22.7 Å². The molecular formula is C29H40Cl4F2O2. The zero-order chi connectivity index (χ0) is 26.2. The van der Waals surface area contributed by atoms with Crippen molar-refractivity contribution in [2.24, 2.45) is 29.6 Å². The zero-order valence-electron chi connectivity index (χ0n) is 21.6. The Morgan fingerprint density at radius 1 is 0.730 bits per heavy atom. The molecule has 37 heavy (non-hydrogen) atoms. The molecule has 0 aliphatic heterocycles. The molecule has 0 bridgehead atoms. The van der Waals surface area contributed by atoms with Crippen LogP contribution in [0.3, 0.4) is 0 Å². The third-order valence-electron chi connectivity index (χ3n) is 9.67. The normalized spacial score (nSPS) is 31.8. The first-order chi connectivity index (χ1) is 17.7. The average molecular weight is 600 g/mol. The Morgan fingerprint density at radius 2 is 1.27 bits per heavy atom. The summed E-state index contributed by atoms with van der Waals surface area (Å²) in [4.78, 5) is -1.13. The summed E-state index contributed by atoms with van der Waals surface area (Å²) in [7, 11) is 0. The third kappa shape index (κ3) is 6.23. The quantitative estimate of drug-likeness (QED) is 0.214. The van der Waals surface area contributed by atoms with E-state index in [1.165, 1.54) is 24.8 Å². The number of ether oxygens (including phenoxy) is 2. The Kier molecular flexibility index (Phi) is 9.22. The molecule has 5 rings (SSSR count). The first-order valence-corrected chi connectivity index (χ1v) is 16.1. The van der Waals surface area contributed by atoms with Crippen molar-refractivity contribution in [1.82, 2.24) is 0 Å². The smallest absolute Gasteiger partial charge is 0.387 e. The van der Waals surface area contributed by atoms with E-state index in [4.69, 9.17) is 55.9 Å². The molecule has 210 valence electrons. The Bertz CT molecular complexity index is 862. The van der Waals surface area contributed by atoms with E-state index in [0.717, 1.165) is 95.5 Å². The maximum Gasteiger partial charge on any atom is 0.387 e. The van der Waals surface area contributed by atoms with Gasteiger partial charge in [0, 0.05) is 11.5 Å². The molecule has 5 aliphatic rings. The van der Waals surface area contributed by atoms with Gasteiger partial charge in [0.2, 0.25) is 0 Å². The van der Waals surface area contributed by atoms with Crippen LogP contribution in [0.2, 0.25) is 0 Å². The summed E-state index contributed by atoms with van der Waals surface area (Å²) in [6.07, 6.45) is 18.3. The van der Waals surface area contributed by atoms with E-state index in [0.29, 0.717) is 11.8 Å². The number of halogens is 6. The third-order valence-corrected chi connectivity index (χ3v) is 10.6. The molecule has 0 N–H and O–H groups in total. The monoisotopic (exact) mass is 598 g/mol. The predicted molar refractivity (Wildman–Crippen MR) is 147 cm³/mol. The summed E-state index contributed by atoms with van der Waals surface area (Å²) in [5.41, 5.74) is 2.33. The highest BCUT2D eigenvalue weighted by Gasteiger charge is 2.60. The van der Waals surface area contributed by atoms with Crippen molar-refractivity contribution in [3.05, 3.63) is 22.7 Å². The van der Waals surface area contributed by atoms with Gasteiger partial charge in [-0.1, -0.05) is 63.4 Å². The summed E-state index contributed by atoms with van der Waals surface area (Å²) in [6, 6.07) is 0. The van der Waals surface area contributed by atoms with Crippen molar-refractivity contribution in [3.8, 4) is 0 Å². The number of rotatable bonds is 7. The van der Waals surface area contributed by atoms with Gasteiger partial charge in [0.1, 0.15) is 4.87 Å². The molecule has 4 saturated carbocycles. The van der Waals surface area contributed by atoms with Crippen molar-refractivity contribution < 1.29 is 18.3 Å². The molecule has 0 radical (unpaired) electrons. The van der Waals surface area contributed by atoms with Gasteiger partial charge < -0.3 is 9.47 Å². The molecular weight excluding hydrogens is 560 g/mol. The van der Waals surface area contributed by atoms with Gasteiger partial charge >= 0.3 is 10.6 Å². The van der Waals surface area contributed by atoms with Crippen LogP contribution in [-0.4, -0.2) is 15.5 Å². The minimum atomic E-state index is -3.03. The summed E-state index contributed by atoms with van der Waals surface area (Å²) in [5, 5.41) is 0. The van der Waals surface area contributed by atoms with Crippen LogP contribution >= 0.6 is 46.4 Å². The Balaban J connectivity index is 1.76. The van der Waals surface area contributed by atoms with Crippen LogP contribution in [0.5, 0.6) is 0 Å². The zero-order valence-corrected chi connectivity index (χ0v) is 24.6. The molecule has 0 saturated heterocycles. The van der Waals surface area contributed by atoms with Crippen molar-refractivity contribution in [2.75, 3.05) is 0 Å². The fraction of sp³-hybridized carbons (Fsp3) is 0.862. The van der Waals surface area contributed by atoms with Crippen molar-refractivity contribution in [2.45, 2.75) is 125 Å². The Morgan fingerprint density at radius 3 is 1.81 bits per heavy atom. The van der Waals surface area contributed by atoms with Crippen LogP contribution in [0.25, 0.3) is 0 Å². The molecule has 5 aliphatic carbocycles. The lowest BCUT2D eigenvalue weighted by molar-refractivity contribution is -0.115. The molecule has 2 atom stereocenters. The first-order valence-electron chi connectivity index (χ1n) is 14.6. The van der Waals surface area contributed by atoms with E-state index in [1.54, 1.807) is 0 Å². The summed E-state index contributed by atoms with van der Waals surface area (Å²) in [6.45, 7) is -3.03. The fourth-order valence-corrected chi connectivity index (χ4v) is 9.00. The maximum absolute atomic E-state index is 14.2. The lowest BCUT2D eigenvalue weighted by Gasteiger charge is -2.52. The second kappa shape index (κ2) is 11.9. The molecule has 0 heterocycles. The Labute approximate surface area is 240 Å². The first kappa shape index (κ1) is 28.6. The van der Waals surface area contributed by atoms with E-state index in [-0.39, 0.29) is 29.3 Å². The molecule has 8 heteroatoms. The highest BCUT2D eigenvalue weighted by atomic mass is 35.6. The van der Waals surface area contributed by atoms with Gasteiger partial charge in [0.25, 0.3) is 0 Å². The lowest BCUT2D eigenvalue weighted by atomic mass is 9.58. The molecule has 0 aromatic heterocycles. The Hall–Kier alpha value is 0.1000. The molecule has 2 unspecified atom stereocenters. The summed E-state index contributed by atoms with van der Waals surface area (Å²) >= 11 is 26.6. The van der Waals surface area contributed by atoms with Gasteiger partial charge in [-0.15, -0.1) is 11.6 Å². The number of allylic oxidation sites excluding steroid dienone is 3. The number of hydrogen-bond donors (Lipinski definition) is 0. The van der Waals surface area contributed by atoms with E-state index in [1.807, 2.05) is 0 Å². The minimum Gasteiger partial charge on any atom is -0.442 e. The molecule has 0 aromatic carbocycles. The van der Waals surface area contributed by atoms with E-state index < -0.39 is 15.5 Å². The molecule has 0 spiro atoms.